The van der Waals surface area contributed by atoms with E-state index in [2.05, 4.69) is 25.2 Å². The maximum absolute atomic E-state index is 10.3. The zero-order valence-electron chi connectivity index (χ0n) is 12.5. The number of aryl methyl sites for hydroxylation is 1. The molecule has 0 aromatic heterocycles. The molecule has 0 amide bonds. The third kappa shape index (κ3) is 1.81. The van der Waals surface area contributed by atoms with E-state index < -0.39 is 0 Å². The summed E-state index contributed by atoms with van der Waals surface area (Å²) >= 11 is 0. The quantitative estimate of drug-likeness (QED) is 0.851. The van der Waals surface area contributed by atoms with Gasteiger partial charge in [0.25, 0.3) is 0 Å². The van der Waals surface area contributed by atoms with Crippen LogP contribution < -0.4 is 5.32 Å². The van der Waals surface area contributed by atoms with Crippen molar-refractivity contribution in [3.63, 3.8) is 0 Å². The number of phenols is 1. The van der Waals surface area contributed by atoms with Crippen LogP contribution in [0.1, 0.15) is 67.7 Å². The van der Waals surface area contributed by atoms with Gasteiger partial charge < -0.3 is 10.4 Å². The zero-order chi connectivity index (χ0) is 13.9. The van der Waals surface area contributed by atoms with Crippen LogP contribution in [0.3, 0.4) is 0 Å². The molecule has 108 valence electrons. The lowest BCUT2D eigenvalue weighted by atomic mass is 9.93. The van der Waals surface area contributed by atoms with Crippen molar-refractivity contribution in [2.45, 2.75) is 64.0 Å². The molecule has 0 heterocycles. The minimum absolute atomic E-state index is 0.365. The van der Waals surface area contributed by atoms with Gasteiger partial charge in [0.15, 0.2) is 0 Å². The molecule has 5 unspecified atom stereocenters. The van der Waals surface area contributed by atoms with Gasteiger partial charge in [-0.2, -0.15) is 0 Å². The maximum Gasteiger partial charge on any atom is 0.120 e. The zero-order valence-corrected chi connectivity index (χ0v) is 12.5. The van der Waals surface area contributed by atoms with Crippen LogP contribution in [0.15, 0.2) is 12.1 Å². The number of aromatic hydroxyl groups is 1. The van der Waals surface area contributed by atoms with Crippen LogP contribution in [-0.2, 0) is 0 Å². The lowest BCUT2D eigenvalue weighted by molar-refractivity contribution is 0.312. The Hall–Kier alpha value is -1.02. The van der Waals surface area contributed by atoms with Crippen molar-refractivity contribution in [3.8, 4) is 5.75 Å². The van der Waals surface area contributed by atoms with Gasteiger partial charge in [-0.15, -0.1) is 0 Å². The van der Waals surface area contributed by atoms with Crippen LogP contribution in [0.25, 0.3) is 0 Å². The van der Waals surface area contributed by atoms with Crippen LogP contribution in [-0.4, -0.2) is 11.1 Å². The summed E-state index contributed by atoms with van der Waals surface area (Å²) in [4.78, 5) is 0. The summed E-state index contributed by atoms with van der Waals surface area (Å²) in [5.41, 5.74) is 3.92. The van der Waals surface area contributed by atoms with E-state index in [0.29, 0.717) is 23.8 Å². The van der Waals surface area contributed by atoms with Crippen LogP contribution in [0.4, 0.5) is 0 Å². The summed E-state index contributed by atoms with van der Waals surface area (Å²) < 4.78 is 0. The maximum atomic E-state index is 10.3. The molecule has 20 heavy (non-hydrogen) atoms. The first-order chi connectivity index (χ1) is 9.63. The Morgan fingerprint density at radius 1 is 1.10 bits per heavy atom. The average Bonchev–Trinajstić information content (AvgIpc) is 3.09. The van der Waals surface area contributed by atoms with E-state index in [1.54, 1.807) is 0 Å². The van der Waals surface area contributed by atoms with Crippen molar-refractivity contribution in [2.75, 3.05) is 0 Å². The molecule has 1 aromatic carbocycles. The first kappa shape index (κ1) is 12.7. The molecule has 2 saturated carbocycles. The molecule has 0 radical (unpaired) electrons. The van der Waals surface area contributed by atoms with E-state index >= 15 is 0 Å². The lowest BCUT2D eigenvalue weighted by Gasteiger charge is -2.27. The SMILES string of the molecule is Cc1ccc(O)c2c1C(C)CC2NC1CC2CCC1C2. The van der Waals surface area contributed by atoms with E-state index in [9.17, 15) is 5.11 Å². The number of rotatable bonds is 2. The Bertz CT molecular complexity index is 538. The fourth-order valence-electron chi connectivity index (χ4n) is 5.20. The predicted molar refractivity (Wildman–Crippen MR) is 81.0 cm³/mol. The Kier molecular flexibility index (Phi) is 2.85. The topological polar surface area (TPSA) is 32.3 Å². The molecule has 2 N–H and O–H groups in total. The fraction of sp³-hybridized carbons (Fsp3) is 0.667. The second kappa shape index (κ2) is 4.49. The first-order valence-electron chi connectivity index (χ1n) is 8.22. The summed E-state index contributed by atoms with van der Waals surface area (Å²) in [5.74, 6) is 2.93. The molecule has 0 spiro atoms. The number of nitrogens with one attached hydrogen (secondary N) is 1. The largest absolute Gasteiger partial charge is 0.508 e. The summed E-state index contributed by atoms with van der Waals surface area (Å²) in [6.45, 7) is 4.47. The minimum atomic E-state index is 0.365. The van der Waals surface area contributed by atoms with Crippen LogP contribution in [0, 0.1) is 18.8 Å². The second-order valence-electron chi connectivity index (χ2n) is 7.37. The monoisotopic (exact) mass is 271 g/mol. The van der Waals surface area contributed by atoms with Crippen molar-refractivity contribution in [3.05, 3.63) is 28.8 Å². The highest BCUT2D eigenvalue weighted by Gasteiger charge is 2.42. The predicted octanol–water partition coefficient (Wildman–Crippen LogP) is 4.03. The highest BCUT2D eigenvalue weighted by Crippen LogP contribution is 2.49. The van der Waals surface area contributed by atoms with Crippen LogP contribution in [0.2, 0.25) is 0 Å². The number of hydrogen-bond donors (Lipinski definition) is 2. The van der Waals surface area contributed by atoms with Gasteiger partial charge in [-0.05, 0) is 67.6 Å². The molecule has 1 aromatic rings. The van der Waals surface area contributed by atoms with Gasteiger partial charge in [0, 0.05) is 17.6 Å². The Morgan fingerprint density at radius 3 is 2.65 bits per heavy atom. The fourth-order valence-corrected chi connectivity index (χ4v) is 5.20. The molecule has 5 atom stereocenters. The first-order valence-corrected chi connectivity index (χ1v) is 8.22. The van der Waals surface area contributed by atoms with Gasteiger partial charge in [0.1, 0.15) is 5.75 Å². The highest BCUT2D eigenvalue weighted by molar-refractivity contribution is 5.51. The molecule has 4 rings (SSSR count). The molecule has 0 aliphatic heterocycles. The summed E-state index contributed by atoms with van der Waals surface area (Å²) in [6, 6.07) is 4.99. The van der Waals surface area contributed by atoms with E-state index in [1.807, 2.05) is 6.07 Å². The number of benzene rings is 1. The number of phenolic OH excluding ortho intramolecular Hbond substituents is 1. The van der Waals surface area contributed by atoms with Gasteiger partial charge in [-0.25, -0.2) is 0 Å². The van der Waals surface area contributed by atoms with E-state index in [-0.39, 0.29) is 0 Å². The van der Waals surface area contributed by atoms with Crippen LogP contribution >= 0.6 is 0 Å². The molecular formula is C18H25NO. The van der Waals surface area contributed by atoms with Gasteiger partial charge in [0.05, 0.1) is 0 Å². The molecule has 3 aliphatic carbocycles. The summed E-state index contributed by atoms with van der Waals surface area (Å²) in [6.07, 6.45) is 6.80. The summed E-state index contributed by atoms with van der Waals surface area (Å²) in [7, 11) is 0. The Labute approximate surface area is 121 Å². The number of fused-ring (bicyclic) bond motifs is 3. The van der Waals surface area contributed by atoms with E-state index in [1.165, 1.54) is 42.4 Å². The van der Waals surface area contributed by atoms with Gasteiger partial charge in [-0.3, -0.25) is 0 Å². The van der Waals surface area contributed by atoms with Crippen molar-refractivity contribution in [2.24, 2.45) is 11.8 Å². The van der Waals surface area contributed by atoms with Crippen molar-refractivity contribution < 1.29 is 5.11 Å². The standard InChI is InChI=1S/C18H25NO/c1-10-3-6-16(20)18-15(7-11(2)17(10)18)19-14-9-12-4-5-13(14)8-12/h3,6,11-15,19-20H,4-5,7-9H2,1-2H3. The Morgan fingerprint density at radius 2 is 1.95 bits per heavy atom. The molecule has 0 saturated heterocycles. The smallest absolute Gasteiger partial charge is 0.120 e. The summed E-state index contributed by atoms with van der Waals surface area (Å²) in [5, 5.41) is 14.2. The third-order valence-corrected chi connectivity index (χ3v) is 6.07. The van der Waals surface area contributed by atoms with Gasteiger partial charge in [0.2, 0.25) is 0 Å². The molecule has 3 aliphatic rings. The van der Waals surface area contributed by atoms with Crippen LogP contribution in [0.5, 0.6) is 5.75 Å². The minimum Gasteiger partial charge on any atom is -0.508 e. The molecule has 2 heteroatoms. The third-order valence-electron chi connectivity index (χ3n) is 6.07. The lowest BCUT2D eigenvalue weighted by Crippen LogP contribution is -2.36. The molecule has 2 nitrogen and oxygen atoms in total. The van der Waals surface area contributed by atoms with Crippen molar-refractivity contribution in [1.82, 2.24) is 5.32 Å². The van der Waals surface area contributed by atoms with Crippen molar-refractivity contribution in [1.29, 1.82) is 0 Å². The van der Waals surface area contributed by atoms with E-state index in [4.69, 9.17) is 0 Å². The highest BCUT2D eigenvalue weighted by atomic mass is 16.3. The molecular weight excluding hydrogens is 246 g/mol. The Balaban J connectivity index is 1.61. The van der Waals surface area contributed by atoms with E-state index in [0.717, 1.165) is 18.3 Å². The number of hydrogen-bond acceptors (Lipinski definition) is 2. The molecule has 2 fully saturated rings. The van der Waals surface area contributed by atoms with Crippen molar-refractivity contribution >= 4 is 0 Å². The van der Waals surface area contributed by atoms with Gasteiger partial charge in [-0.1, -0.05) is 19.4 Å². The normalized spacial score (nSPS) is 38.4. The average molecular weight is 271 g/mol. The molecule has 2 bridgehead atoms. The second-order valence-corrected chi connectivity index (χ2v) is 7.37. The van der Waals surface area contributed by atoms with Gasteiger partial charge >= 0.3 is 0 Å².